The topological polar surface area (TPSA) is 102 Å². The minimum absolute atomic E-state index is 0.0398. The lowest BCUT2D eigenvalue weighted by atomic mass is 10.1. The van der Waals surface area contributed by atoms with Crippen LogP contribution in [0.4, 0.5) is 11.4 Å². The molecule has 7 nitrogen and oxygen atoms in total. The minimum atomic E-state index is -0.583. The molecule has 2 amide bonds. The summed E-state index contributed by atoms with van der Waals surface area (Å²) >= 11 is 1.10. The second-order valence-electron chi connectivity index (χ2n) is 6.25. The van der Waals surface area contributed by atoms with Gasteiger partial charge in [-0.15, -0.1) is 11.8 Å². The molecule has 0 bridgehead atoms. The fourth-order valence-corrected chi connectivity index (χ4v) is 2.84. The molecule has 152 valence electrons. The summed E-state index contributed by atoms with van der Waals surface area (Å²) in [5, 5.41) is 5.30. The number of aryl methyl sites for hydroxylation is 1. The van der Waals surface area contributed by atoms with Crippen molar-refractivity contribution in [2.24, 2.45) is 0 Å². The largest absolute Gasteiger partial charge is 0.455 e. The molecule has 0 aliphatic heterocycles. The number of ether oxygens (including phenoxy) is 1. The number of rotatable bonds is 9. The zero-order valence-electron chi connectivity index (χ0n) is 16.2. The lowest BCUT2D eigenvalue weighted by molar-refractivity contribution is -0.144. The van der Waals surface area contributed by atoms with E-state index < -0.39 is 18.5 Å². The van der Waals surface area contributed by atoms with Crippen molar-refractivity contribution in [3.05, 3.63) is 59.7 Å². The third kappa shape index (κ3) is 8.18. The van der Waals surface area contributed by atoms with E-state index in [0.29, 0.717) is 16.9 Å². The van der Waals surface area contributed by atoms with E-state index in [4.69, 9.17) is 4.74 Å². The number of nitrogens with one attached hydrogen (secondary N) is 2. The van der Waals surface area contributed by atoms with Crippen LogP contribution >= 0.6 is 11.8 Å². The van der Waals surface area contributed by atoms with Crippen molar-refractivity contribution in [2.45, 2.75) is 13.8 Å². The highest BCUT2D eigenvalue weighted by atomic mass is 32.2. The van der Waals surface area contributed by atoms with Crippen LogP contribution in [0.2, 0.25) is 0 Å². The van der Waals surface area contributed by atoms with E-state index in [1.807, 2.05) is 19.1 Å². The fraction of sp³-hybridized carbons (Fsp3) is 0.238. The molecule has 0 unspecified atom stereocenters. The highest BCUT2D eigenvalue weighted by molar-refractivity contribution is 8.00. The number of hydrogen-bond donors (Lipinski definition) is 2. The third-order valence-electron chi connectivity index (χ3n) is 3.73. The molecular formula is C21H22N2O5S. The van der Waals surface area contributed by atoms with E-state index in [0.717, 1.165) is 17.3 Å². The fourth-order valence-electron chi connectivity index (χ4n) is 2.23. The molecule has 0 saturated heterocycles. The van der Waals surface area contributed by atoms with Crippen molar-refractivity contribution in [3.63, 3.8) is 0 Å². The highest BCUT2D eigenvalue weighted by Crippen LogP contribution is 2.11. The Morgan fingerprint density at radius 3 is 1.97 bits per heavy atom. The Labute approximate surface area is 173 Å². The molecule has 0 fully saturated rings. The Bertz CT molecular complexity index is 879. The number of ketones is 1. The number of anilines is 2. The average molecular weight is 414 g/mol. The van der Waals surface area contributed by atoms with Gasteiger partial charge in [0, 0.05) is 16.9 Å². The zero-order valence-corrected chi connectivity index (χ0v) is 17.0. The summed E-state index contributed by atoms with van der Waals surface area (Å²) < 4.78 is 4.89. The minimum Gasteiger partial charge on any atom is -0.455 e. The molecule has 2 aromatic rings. The standard InChI is InChI=1S/C21H22N2O5S/c1-14-3-7-17(8-4-14)23-20(26)12-29-13-21(27)28-11-19(25)22-18-9-5-16(6-10-18)15(2)24/h3-10H,11-13H2,1-2H3,(H,22,25)(H,23,26). The second-order valence-corrected chi connectivity index (χ2v) is 7.23. The number of carbonyl (C=O) groups is 4. The first-order valence-electron chi connectivity index (χ1n) is 8.84. The monoisotopic (exact) mass is 414 g/mol. The molecule has 0 saturated carbocycles. The number of Topliss-reactive ketones (excluding diaryl/α,β-unsaturated/α-hetero) is 1. The summed E-state index contributed by atoms with van der Waals surface area (Å²) in [4.78, 5) is 46.6. The van der Waals surface area contributed by atoms with Crippen molar-refractivity contribution >= 4 is 46.7 Å². The van der Waals surface area contributed by atoms with Crippen LogP contribution in [0.15, 0.2) is 48.5 Å². The molecule has 29 heavy (non-hydrogen) atoms. The van der Waals surface area contributed by atoms with Gasteiger partial charge >= 0.3 is 5.97 Å². The molecule has 0 radical (unpaired) electrons. The summed E-state index contributed by atoms with van der Waals surface area (Å²) in [5.41, 5.74) is 2.82. The van der Waals surface area contributed by atoms with Gasteiger partial charge in [0.05, 0.1) is 11.5 Å². The maximum atomic E-state index is 11.8. The van der Waals surface area contributed by atoms with Crippen LogP contribution in [0.3, 0.4) is 0 Å². The van der Waals surface area contributed by atoms with Crippen LogP contribution in [0.5, 0.6) is 0 Å². The van der Waals surface area contributed by atoms with Gasteiger partial charge in [-0.25, -0.2) is 0 Å². The van der Waals surface area contributed by atoms with Gasteiger partial charge in [0.25, 0.3) is 5.91 Å². The van der Waals surface area contributed by atoms with Crippen LogP contribution in [-0.2, 0) is 19.1 Å². The van der Waals surface area contributed by atoms with E-state index in [9.17, 15) is 19.2 Å². The third-order valence-corrected chi connectivity index (χ3v) is 4.63. The molecule has 2 aromatic carbocycles. The van der Waals surface area contributed by atoms with Gasteiger partial charge in [-0.2, -0.15) is 0 Å². The highest BCUT2D eigenvalue weighted by Gasteiger charge is 2.10. The van der Waals surface area contributed by atoms with Crippen molar-refractivity contribution in [1.29, 1.82) is 0 Å². The number of benzene rings is 2. The molecular weight excluding hydrogens is 392 g/mol. The number of carbonyl (C=O) groups excluding carboxylic acids is 4. The van der Waals surface area contributed by atoms with E-state index in [1.165, 1.54) is 6.92 Å². The van der Waals surface area contributed by atoms with Crippen LogP contribution in [0, 0.1) is 6.92 Å². The number of thioether (sulfide) groups is 1. The Morgan fingerprint density at radius 2 is 1.38 bits per heavy atom. The number of hydrogen-bond acceptors (Lipinski definition) is 6. The molecule has 0 aliphatic carbocycles. The van der Waals surface area contributed by atoms with Crippen molar-refractivity contribution in [3.8, 4) is 0 Å². The summed E-state index contributed by atoms with van der Waals surface area (Å²) in [5.74, 6) is -1.31. The van der Waals surface area contributed by atoms with Gasteiger partial charge in [0.15, 0.2) is 12.4 Å². The van der Waals surface area contributed by atoms with Crippen molar-refractivity contribution in [2.75, 3.05) is 28.7 Å². The van der Waals surface area contributed by atoms with Crippen LogP contribution in [-0.4, -0.2) is 41.7 Å². The first kappa shape index (κ1) is 22.2. The molecule has 2 N–H and O–H groups in total. The first-order chi connectivity index (χ1) is 13.8. The number of esters is 1. The Morgan fingerprint density at radius 1 is 0.828 bits per heavy atom. The van der Waals surface area contributed by atoms with Crippen LogP contribution < -0.4 is 10.6 Å². The van der Waals surface area contributed by atoms with Crippen molar-refractivity contribution < 1.29 is 23.9 Å². The number of amides is 2. The van der Waals surface area contributed by atoms with Crippen LogP contribution in [0.1, 0.15) is 22.8 Å². The lowest BCUT2D eigenvalue weighted by Crippen LogP contribution is -2.22. The molecule has 0 spiro atoms. The summed E-state index contributed by atoms with van der Waals surface area (Å²) in [6.07, 6.45) is 0. The van der Waals surface area contributed by atoms with E-state index >= 15 is 0 Å². The van der Waals surface area contributed by atoms with E-state index in [2.05, 4.69) is 10.6 Å². The van der Waals surface area contributed by atoms with Gasteiger partial charge in [-0.05, 0) is 50.2 Å². The summed E-state index contributed by atoms with van der Waals surface area (Å²) in [7, 11) is 0. The molecule has 0 aliphatic rings. The van der Waals surface area contributed by atoms with Gasteiger partial charge in [-0.1, -0.05) is 17.7 Å². The Hall–Kier alpha value is -3.13. The van der Waals surface area contributed by atoms with Gasteiger partial charge in [0.2, 0.25) is 5.91 Å². The van der Waals surface area contributed by atoms with Gasteiger partial charge in [0.1, 0.15) is 0 Å². The second kappa shape index (κ2) is 11.0. The zero-order chi connectivity index (χ0) is 21.2. The molecule has 0 aromatic heterocycles. The van der Waals surface area contributed by atoms with E-state index in [1.54, 1.807) is 36.4 Å². The lowest BCUT2D eigenvalue weighted by Gasteiger charge is -2.07. The van der Waals surface area contributed by atoms with Crippen molar-refractivity contribution in [1.82, 2.24) is 0 Å². The summed E-state index contributed by atoms with van der Waals surface area (Å²) in [6, 6.07) is 13.8. The van der Waals surface area contributed by atoms with Crippen LogP contribution in [0.25, 0.3) is 0 Å². The Balaban J connectivity index is 1.63. The predicted molar refractivity (Wildman–Crippen MR) is 113 cm³/mol. The van der Waals surface area contributed by atoms with Gasteiger partial charge < -0.3 is 15.4 Å². The quantitative estimate of drug-likeness (QED) is 0.483. The molecule has 8 heteroatoms. The maximum Gasteiger partial charge on any atom is 0.316 e. The first-order valence-corrected chi connectivity index (χ1v) is 9.99. The average Bonchev–Trinajstić information content (AvgIpc) is 2.68. The molecule has 0 heterocycles. The smallest absolute Gasteiger partial charge is 0.316 e. The maximum absolute atomic E-state index is 11.8. The molecule has 2 rings (SSSR count). The predicted octanol–water partition coefficient (Wildman–Crippen LogP) is 3.05. The van der Waals surface area contributed by atoms with Gasteiger partial charge in [-0.3, -0.25) is 19.2 Å². The SMILES string of the molecule is CC(=O)c1ccc(NC(=O)COC(=O)CSCC(=O)Nc2ccc(C)cc2)cc1. The molecule has 0 atom stereocenters. The summed E-state index contributed by atoms with van der Waals surface area (Å²) in [6.45, 7) is 2.98. The normalized spacial score (nSPS) is 10.1. The van der Waals surface area contributed by atoms with E-state index in [-0.39, 0.29) is 23.2 Å². The Kier molecular flexibility index (Phi) is 8.42.